The molecule has 0 amide bonds. The first-order valence-electron chi connectivity index (χ1n) is 13.2. The van der Waals surface area contributed by atoms with Gasteiger partial charge >= 0.3 is 0 Å². The van der Waals surface area contributed by atoms with Gasteiger partial charge in [-0.1, -0.05) is 46.3 Å². The molecule has 0 radical (unpaired) electrons. The van der Waals surface area contributed by atoms with Crippen molar-refractivity contribution in [1.82, 2.24) is 0 Å². The number of hydrogen-bond acceptors (Lipinski definition) is 0. The van der Waals surface area contributed by atoms with Gasteiger partial charge in [0.05, 0.1) is 0 Å². The quantitative estimate of drug-likeness (QED) is 0.275. The summed E-state index contributed by atoms with van der Waals surface area (Å²) in [5, 5.41) is 0.370. The smallest absolute Gasteiger partial charge is 0.123 e. The molecule has 4 saturated carbocycles. The molecule has 0 N–H and O–H groups in total. The first-order valence-corrected chi connectivity index (χ1v) is 14.4. The van der Waals surface area contributed by atoms with Crippen LogP contribution in [-0.4, -0.2) is 9.71 Å². The van der Waals surface area contributed by atoms with E-state index in [1.54, 1.807) is 5.57 Å². The Morgan fingerprint density at radius 3 is 2.42 bits per heavy atom. The van der Waals surface area contributed by atoms with Gasteiger partial charge in [-0.3, -0.25) is 0 Å². The highest BCUT2D eigenvalue weighted by atomic mass is 35.5. The third-order valence-electron chi connectivity index (χ3n) is 11.4. The van der Waals surface area contributed by atoms with Gasteiger partial charge in [-0.05, 0) is 110 Å². The van der Waals surface area contributed by atoms with Crippen LogP contribution in [0.15, 0.2) is 11.6 Å². The highest BCUT2D eigenvalue weighted by Crippen LogP contribution is 2.69. The zero-order chi connectivity index (χ0) is 22.3. The van der Waals surface area contributed by atoms with Gasteiger partial charge in [0.1, 0.15) is 4.33 Å². The number of alkyl halides is 3. The molecule has 0 spiro atoms. The summed E-state index contributed by atoms with van der Waals surface area (Å²) >= 11 is 20.0. The van der Waals surface area contributed by atoms with Gasteiger partial charge in [0.25, 0.3) is 0 Å². The Hall–Kier alpha value is 0.610. The molecular weight excluding hydrogens is 443 g/mol. The Morgan fingerprint density at radius 1 is 1.00 bits per heavy atom. The second-order valence-electron chi connectivity index (χ2n) is 13.1. The lowest BCUT2D eigenvalue weighted by Crippen LogP contribution is -2.50. The molecule has 0 aromatic carbocycles. The number of rotatable bonds is 4. The molecule has 3 heteroatoms. The van der Waals surface area contributed by atoms with Gasteiger partial charge in [-0.2, -0.15) is 0 Å². The van der Waals surface area contributed by atoms with Crippen LogP contribution in [0.2, 0.25) is 0 Å². The lowest BCUT2D eigenvalue weighted by Gasteiger charge is -2.58. The van der Waals surface area contributed by atoms with Crippen molar-refractivity contribution >= 4 is 34.8 Å². The van der Waals surface area contributed by atoms with Crippen molar-refractivity contribution in [1.29, 1.82) is 0 Å². The second-order valence-corrected chi connectivity index (χ2v) is 15.2. The van der Waals surface area contributed by atoms with Crippen LogP contribution in [0.3, 0.4) is 0 Å². The summed E-state index contributed by atoms with van der Waals surface area (Å²) in [5.74, 6) is 5.81. The summed E-state index contributed by atoms with van der Waals surface area (Å²) in [5.41, 5.74) is 2.64. The highest BCUT2D eigenvalue weighted by molar-refractivity contribution is 6.51. The average molecular weight is 486 g/mol. The molecule has 4 fully saturated rings. The Balaban J connectivity index is 1.32. The summed E-state index contributed by atoms with van der Waals surface area (Å²) in [7, 11) is 0. The lowest BCUT2D eigenvalue weighted by molar-refractivity contribution is -0.0501. The number of hydrogen-bond donors (Lipinski definition) is 0. The summed E-state index contributed by atoms with van der Waals surface area (Å²) in [6.45, 7) is 12.3. The van der Waals surface area contributed by atoms with E-state index in [2.05, 4.69) is 40.7 Å². The highest BCUT2D eigenvalue weighted by Gasteiger charge is 2.65. The van der Waals surface area contributed by atoms with Crippen LogP contribution >= 0.6 is 34.8 Å². The molecule has 0 bridgehead atoms. The van der Waals surface area contributed by atoms with Gasteiger partial charge in [0.2, 0.25) is 0 Å². The van der Waals surface area contributed by atoms with Crippen molar-refractivity contribution in [2.75, 3.05) is 0 Å². The van der Waals surface area contributed by atoms with E-state index in [9.17, 15) is 0 Å². The summed E-state index contributed by atoms with van der Waals surface area (Å²) in [6, 6.07) is 0. The predicted octanol–water partition coefficient (Wildman–Crippen LogP) is 9.27. The minimum absolute atomic E-state index is 0.370. The molecule has 5 aliphatic carbocycles. The molecule has 0 saturated heterocycles. The van der Waals surface area contributed by atoms with Crippen LogP contribution in [0.25, 0.3) is 0 Å². The van der Waals surface area contributed by atoms with Crippen LogP contribution in [0.1, 0.15) is 92.4 Å². The molecule has 0 heterocycles. The predicted molar refractivity (Wildman–Crippen MR) is 135 cm³/mol. The van der Waals surface area contributed by atoms with E-state index in [0.29, 0.717) is 34.0 Å². The van der Waals surface area contributed by atoms with E-state index < -0.39 is 4.33 Å². The van der Waals surface area contributed by atoms with E-state index in [0.717, 1.165) is 36.0 Å². The molecular formula is C28H43Cl3. The summed E-state index contributed by atoms with van der Waals surface area (Å²) < 4.78 is -0.473. The van der Waals surface area contributed by atoms with Crippen LogP contribution < -0.4 is 0 Å². The second kappa shape index (κ2) is 7.81. The van der Waals surface area contributed by atoms with Gasteiger partial charge in [0.15, 0.2) is 0 Å². The SMILES string of the molecule is CC(C)C1C(CC(C)C2CCC3C4CC=C5CC(Cl)CCC5(C)C4CCC23C)C1(Cl)Cl. The third kappa shape index (κ3) is 3.50. The monoisotopic (exact) mass is 484 g/mol. The van der Waals surface area contributed by atoms with Crippen molar-refractivity contribution in [3.8, 4) is 0 Å². The fourth-order valence-electron chi connectivity index (χ4n) is 9.79. The van der Waals surface area contributed by atoms with E-state index in [1.807, 2.05) is 0 Å². The minimum Gasteiger partial charge on any atom is -0.123 e. The number of allylic oxidation sites excluding steroid dienone is 2. The van der Waals surface area contributed by atoms with Crippen LogP contribution in [-0.2, 0) is 0 Å². The topological polar surface area (TPSA) is 0 Å². The maximum Gasteiger partial charge on any atom is 0.124 e. The third-order valence-corrected chi connectivity index (χ3v) is 12.8. The standard InChI is InChI=1S/C28H43Cl3/c1-16(2)25-24(28(25,30)31)14-17(3)21-8-9-22-20-7-6-18-15-19(29)10-12-26(18,4)23(20)11-13-27(21,22)5/h6,16-17,19-25H,7-15H2,1-5H3. The molecule has 0 aromatic rings. The normalized spacial score (nSPS) is 51.5. The molecule has 0 nitrogen and oxygen atoms in total. The summed E-state index contributed by atoms with van der Waals surface area (Å²) in [4.78, 5) is 0. The van der Waals surface area contributed by atoms with Crippen molar-refractivity contribution in [3.05, 3.63) is 11.6 Å². The van der Waals surface area contributed by atoms with Gasteiger partial charge in [-0.25, -0.2) is 0 Å². The minimum atomic E-state index is -0.473. The van der Waals surface area contributed by atoms with Crippen molar-refractivity contribution in [2.24, 2.45) is 58.2 Å². The van der Waals surface area contributed by atoms with E-state index in [-0.39, 0.29) is 0 Å². The largest absolute Gasteiger partial charge is 0.124 e. The fourth-order valence-corrected chi connectivity index (χ4v) is 11.2. The molecule has 176 valence electrons. The van der Waals surface area contributed by atoms with Crippen LogP contribution in [0.5, 0.6) is 0 Å². The van der Waals surface area contributed by atoms with Crippen molar-refractivity contribution in [3.63, 3.8) is 0 Å². The molecule has 5 rings (SSSR count). The van der Waals surface area contributed by atoms with Gasteiger partial charge in [-0.15, -0.1) is 34.8 Å². The van der Waals surface area contributed by atoms with E-state index >= 15 is 0 Å². The van der Waals surface area contributed by atoms with Crippen LogP contribution in [0.4, 0.5) is 0 Å². The maximum atomic E-state index is 6.72. The lowest BCUT2D eigenvalue weighted by atomic mass is 9.47. The van der Waals surface area contributed by atoms with Gasteiger partial charge < -0.3 is 0 Å². The van der Waals surface area contributed by atoms with Gasteiger partial charge in [0, 0.05) is 11.3 Å². The number of halogens is 3. The molecule has 0 aliphatic heterocycles. The Labute approximate surface area is 206 Å². The summed E-state index contributed by atoms with van der Waals surface area (Å²) in [6.07, 6.45) is 14.5. The van der Waals surface area contributed by atoms with E-state index in [4.69, 9.17) is 34.8 Å². The fraction of sp³-hybridized carbons (Fsp3) is 0.929. The first kappa shape index (κ1) is 23.4. The maximum absolute atomic E-state index is 6.72. The first-order chi connectivity index (χ1) is 14.5. The van der Waals surface area contributed by atoms with Crippen molar-refractivity contribution < 1.29 is 0 Å². The zero-order valence-corrected chi connectivity index (χ0v) is 22.5. The molecule has 10 unspecified atom stereocenters. The van der Waals surface area contributed by atoms with Crippen molar-refractivity contribution in [2.45, 2.75) is 102 Å². The van der Waals surface area contributed by atoms with E-state index in [1.165, 1.54) is 51.4 Å². The average Bonchev–Trinajstić information content (AvgIpc) is 3.04. The Morgan fingerprint density at radius 2 is 1.74 bits per heavy atom. The molecule has 31 heavy (non-hydrogen) atoms. The number of fused-ring (bicyclic) bond motifs is 5. The molecule has 5 aliphatic rings. The molecule has 0 aromatic heterocycles. The van der Waals surface area contributed by atoms with Crippen LogP contribution in [0, 0.1) is 58.2 Å². The zero-order valence-electron chi connectivity index (χ0n) is 20.3. The molecule has 10 atom stereocenters. The Kier molecular flexibility index (Phi) is 5.89. The Bertz CT molecular complexity index is 741.